The van der Waals surface area contributed by atoms with Crippen LogP contribution in [0.5, 0.6) is 0 Å². The maximum Gasteiger partial charge on any atom is 0.313 e. The highest BCUT2D eigenvalue weighted by molar-refractivity contribution is 6.03. The molecule has 4 aliphatic rings. The number of ether oxygens (including phenoxy) is 2. The van der Waals surface area contributed by atoms with E-state index in [-0.39, 0.29) is 67.5 Å². The van der Waals surface area contributed by atoms with Crippen LogP contribution in [0.4, 0.5) is 4.39 Å². The van der Waals surface area contributed by atoms with Gasteiger partial charge in [0.05, 0.1) is 60.6 Å². The number of halogens is 1. The molecule has 1 fully saturated rings. The predicted molar refractivity (Wildman–Crippen MR) is 289 cm³/mol. The summed E-state index contributed by atoms with van der Waals surface area (Å²) in [4.78, 5) is 136. The van der Waals surface area contributed by atoms with Gasteiger partial charge in [-0.15, -0.1) is 0 Å². The number of nitrogens with zero attached hydrogens (tertiary/aromatic N) is 3. The highest BCUT2D eigenvalue weighted by atomic mass is 19.1. The normalized spacial score (nSPS) is 18.1. The summed E-state index contributed by atoms with van der Waals surface area (Å²) in [6, 6.07) is 10.2. The van der Waals surface area contributed by atoms with Crippen molar-refractivity contribution in [3.8, 4) is 11.4 Å². The Morgan fingerprint density at radius 3 is 2.33 bits per heavy atom. The Bertz CT molecular complexity index is 3160. The van der Waals surface area contributed by atoms with E-state index >= 15 is 4.39 Å². The number of pyridine rings is 2. The fourth-order valence-corrected chi connectivity index (χ4v) is 11.3. The second kappa shape index (κ2) is 25.9. The second-order valence-corrected chi connectivity index (χ2v) is 21.1. The summed E-state index contributed by atoms with van der Waals surface area (Å²) < 4.78 is 28.1. The van der Waals surface area contributed by atoms with Crippen molar-refractivity contribution in [3.05, 3.63) is 97.6 Å². The van der Waals surface area contributed by atoms with Crippen LogP contribution in [0.15, 0.2) is 47.3 Å². The molecule has 2 aromatic carbocycles. The number of fused-ring (bicyclic) bond motifs is 5. The highest BCUT2D eigenvalue weighted by Gasteiger charge is 2.41. The van der Waals surface area contributed by atoms with Crippen LogP contribution in [0.3, 0.4) is 0 Å². The van der Waals surface area contributed by atoms with Gasteiger partial charge in [-0.25, -0.2) is 9.37 Å². The summed E-state index contributed by atoms with van der Waals surface area (Å²) in [5.41, 5.74) is 5.37. The maximum absolute atomic E-state index is 15.4. The fourth-order valence-electron chi connectivity index (χ4n) is 11.3. The molecule has 426 valence electrons. The number of carbonyl (C=O) groups excluding carboxylic acids is 9. The molecule has 0 saturated carbocycles. The van der Waals surface area contributed by atoms with Gasteiger partial charge in [-0.3, -0.25) is 52.8 Å². The van der Waals surface area contributed by atoms with E-state index in [0.29, 0.717) is 101 Å². The molecule has 22 heteroatoms. The minimum Gasteiger partial charge on any atom is -0.460 e. The largest absolute Gasteiger partial charge is 0.460 e. The first-order valence-corrected chi connectivity index (χ1v) is 27.6. The third kappa shape index (κ3) is 13.1. The van der Waals surface area contributed by atoms with Crippen molar-refractivity contribution in [2.75, 3.05) is 32.9 Å². The Kier molecular flexibility index (Phi) is 18.9. The van der Waals surface area contributed by atoms with Crippen LogP contribution in [-0.4, -0.2) is 113 Å². The molecule has 2 aromatic heterocycles. The lowest BCUT2D eigenvalue weighted by atomic mass is 9.81. The van der Waals surface area contributed by atoms with Gasteiger partial charge in [0.1, 0.15) is 31.3 Å². The maximum atomic E-state index is 15.4. The number of aryl methyl sites for hydroxylation is 1. The van der Waals surface area contributed by atoms with E-state index in [9.17, 15) is 47.9 Å². The van der Waals surface area contributed by atoms with E-state index < -0.39 is 91.8 Å². The van der Waals surface area contributed by atoms with Crippen LogP contribution < -0.4 is 37.5 Å². The van der Waals surface area contributed by atoms with Crippen LogP contribution in [-0.2, 0) is 78.6 Å². The van der Waals surface area contributed by atoms with Gasteiger partial charge >= 0.3 is 5.97 Å². The summed E-state index contributed by atoms with van der Waals surface area (Å²) in [7, 11) is 0. The van der Waals surface area contributed by atoms with Crippen LogP contribution in [0.2, 0.25) is 0 Å². The lowest BCUT2D eigenvalue weighted by molar-refractivity contribution is -0.148. The van der Waals surface area contributed by atoms with E-state index in [1.807, 2.05) is 26.8 Å². The first-order chi connectivity index (χ1) is 38.4. The van der Waals surface area contributed by atoms with Gasteiger partial charge in [-0.1, -0.05) is 70.4 Å². The molecular weight excluding hydrogens is 1030 g/mol. The van der Waals surface area contributed by atoms with Crippen LogP contribution >= 0.6 is 0 Å². The van der Waals surface area contributed by atoms with Gasteiger partial charge in [0.25, 0.3) is 5.56 Å². The number of amides is 8. The minimum absolute atomic E-state index is 0.0459. The second-order valence-electron chi connectivity index (χ2n) is 21.1. The molecule has 8 rings (SSSR count). The molecule has 8 amide bonds. The van der Waals surface area contributed by atoms with Crippen molar-refractivity contribution in [1.29, 1.82) is 0 Å². The zero-order chi connectivity index (χ0) is 57.4. The number of rotatable bonds is 25. The fraction of sp³-hybridized carbons (Fsp3) is 0.500. The van der Waals surface area contributed by atoms with Crippen LogP contribution in [0, 0.1) is 24.6 Å². The quantitative estimate of drug-likeness (QED) is 0.0212. The van der Waals surface area contributed by atoms with E-state index in [1.54, 1.807) is 41.8 Å². The van der Waals surface area contributed by atoms with Crippen LogP contribution in [0.25, 0.3) is 22.3 Å². The van der Waals surface area contributed by atoms with Crippen molar-refractivity contribution in [1.82, 2.24) is 46.4 Å². The molecule has 0 spiro atoms. The molecule has 3 aliphatic heterocycles. The molecule has 0 radical (unpaired) electrons. The SMILES string of the molecule is CCCC(C)C1CC(=O)N(CCCCCC(=O)NCC(=O)NCC(=O)NC(Cc2ccccc2)C(=O)NCC(=O)NCOC(C)C(=O)NC2CCc3c(C)c(F)cc4nc5c(c2c34)Cn2c-5cc3c(c2=O)COC(=O)C3CC)C1=O. The number of benzene rings is 2. The van der Waals surface area contributed by atoms with Crippen molar-refractivity contribution in [2.45, 2.75) is 143 Å². The summed E-state index contributed by atoms with van der Waals surface area (Å²) in [5, 5.41) is 16.3. The van der Waals surface area contributed by atoms with Gasteiger partial charge in [-0.05, 0) is 85.8 Å². The van der Waals surface area contributed by atoms with E-state index in [1.165, 1.54) is 17.9 Å². The average molecular weight is 1100 g/mol. The van der Waals surface area contributed by atoms with E-state index in [4.69, 9.17) is 14.5 Å². The zero-order valence-corrected chi connectivity index (χ0v) is 45.9. The van der Waals surface area contributed by atoms with Crippen molar-refractivity contribution >= 4 is 64.1 Å². The van der Waals surface area contributed by atoms with Gasteiger partial charge in [-0.2, -0.15) is 0 Å². The van der Waals surface area contributed by atoms with Crippen molar-refractivity contribution < 1.29 is 57.0 Å². The third-order valence-electron chi connectivity index (χ3n) is 15.7. The molecule has 6 atom stereocenters. The Morgan fingerprint density at radius 1 is 0.850 bits per heavy atom. The van der Waals surface area contributed by atoms with Gasteiger partial charge in [0.15, 0.2) is 0 Å². The van der Waals surface area contributed by atoms with Gasteiger partial charge in [0.2, 0.25) is 47.3 Å². The molecule has 1 saturated heterocycles. The number of cyclic esters (lactones) is 1. The van der Waals surface area contributed by atoms with Crippen molar-refractivity contribution in [2.24, 2.45) is 11.8 Å². The first-order valence-electron chi connectivity index (χ1n) is 27.6. The Hall–Kier alpha value is -7.88. The van der Waals surface area contributed by atoms with E-state index in [2.05, 4.69) is 31.9 Å². The number of nitrogens with one attached hydrogen (secondary N) is 6. The summed E-state index contributed by atoms with van der Waals surface area (Å²) in [6.07, 6.45) is 4.04. The monoisotopic (exact) mass is 1100 g/mol. The standard InChI is InChI=1S/C58H70FN9O12/c1-6-14-31(3)37-23-50(73)67(56(37)76)20-13-9-12-17-46(69)60-25-47(70)61-27-49(72)64-44(21-34-15-10-8-11-16-34)55(75)62-26-48(71)63-30-80-33(5)54(74)66-42-19-18-36-32(4)41(59)24-43-51(36)52(42)39-28-68-45(53(39)65-43)22-38-35(7-2)58(78)79-29-40(38)57(68)77/h8,10-11,15-16,22,24,31,33,35,37,42,44H,6-7,9,12-14,17-21,23,25-30H2,1-5H3,(H,60,69)(H,61,70)(H,62,75)(H,63,71)(H,64,72)(H,66,74). The molecule has 4 aromatic rings. The molecular formula is C58H70FN9O12. The average Bonchev–Trinajstić information content (AvgIpc) is 4.12. The third-order valence-corrected chi connectivity index (χ3v) is 15.7. The molecule has 6 unspecified atom stereocenters. The predicted octanol–water partition coefficient (Wildman–Crippen LogP) is 3.45. The number of likely N-dealkylation sites (tertiary alicyclic amines) is 1. The number of aromatic nitrogens is 2. The minimum atomic E-state index is -1.16. The molecule has 80 heavy (non-hydrogen) atoms. The number of esters is 1. The highest BCUT2D eigenvalue weighted by Crippen LogP contribution is 2.45. The number of hydrogen-bond acceptors (Lipinski definition) is 13. The number of carbonyl (C=O) groups is 9. The molecule has 21 nitrogen and oxygen atoms in total. The smallest absolute Gasteiger partial charge is 0.313 e. The molecule has 0 bridgehead atoms. The zero-order valence-electron chi connectivity index (χ0n) is 45.9. The Morgan fingerprint density at radius 2 is 1.57 bits per heavy atom. The molecule has 6 N–H and O–H groups in total. The summed E-state index contributed by atoms with van der Waals surface area (Å²) in [6.45, 7) is 7.57. The van der Waals surface area contributed by atoms with Gasteiger partial charge < -0.3 is 45.9 Å². The molecule has 1 aliphatic carbocycles. The Balaban J connectivity index is 0.786. The topological polar surface area (TPSA) is 282 Å². The molecule has 5 heterocycles. The summed E-state index contributed by atoms with van der Waals surface area (Å²) >= 11 is 0. The number of unbranched alkanes of at least 4 members (excludes halogenated alkanes) is 2. The summed E-state index contributed by atoms with van der Waals surface area (Å²) in [5.74, 6) is -5.46. The van der Waals surface area contributed by atoms with Gasteiger partial charge in [0, 0.05) is 48.7 Å². The first kappa shape index (κ1) is 58.3. The van der Waals surface area contributed by atoms with Crippen LogP contribution in [0.1, 0.15) is 136 Å². The van der Waals surface area contributed by atoms with E-state index in [0.717, 1.165) is 18.4 Å². The lowest BCUT2D eigenvalue weighted by Gasteiger charge is -2.30. The number of hydrogen-bond donors (Lipinski definition) is 6. The van der Waals surface area contributed by atoms with Crippen molar-refractivity contribution in [3.63, 3.8) is 0 Å². The number of imide groups is 1. The Labute approximate surface area is 462 Å². The lowest BCUT2D eigenvalue weighted by Crippen LogP contribution is -2.52.